The molecule has 0 unspecified atom stereocenters. The van der Waals surface area contributed by atoms with Gasteiger partial charge < -0.3 is 5.73 Å². The number of halogens is 1. The van der Waals surface area contributed by atoms with E-state index in [0.717, 1.165) is 10.4 Å². The van der Waals surface area contributed by atoms with Crippen LogP contribution in [0.4, 0.5) is 4.39 Å². The van der Waals surface area contributed by atoms with Crippen LogP contribution in [0.1, 0.15) is 0 Å². The van der Waals surface area contributed by atoms with E-state index in [1.807, 2.05) is 0 Å². The van der Waals surface area contributed by atoms with Crippen molar-refractivity contribution in [3.05, 3.63) is 24.1 Å². The third-order valence-electron chi connectivity index (χ3n) is 1.77. The lowest BCUT2D eigenvalue weighted by atomic mass is 10.5. The number of hydrogen-bond acceptors (Lipinski definition) is 4. The van der Waals surface area contributed by atoms with E-state index in [9.17, 15) is 12.8 Å². The summed E-state index contributed by atoms with van der Waals surface area (Å²) in [4.78, 5) is 3.46. The van der Waals surface area contributed by atoms with Crippen molar-refractivity contribution in [2.24, 2.45) is 5.73 Å². The van der Waals surface area contributed by atoms with E-state index in [1.54, 1.807) is 0 Å². The van der Waals surface area contributed by atoms with E-state index >= 15 is 0 Å². The summed E-state index contributed by atoms with van der Waals surface area (Å²) in [5, 5.41) is 6.31. The maximum absolute atomic E-state index is 13.2. The smallest absolute Gasteiger partial charge is 0.263 e. The fraction of sp³-hybridized carbons (Fsp3) is 0.250. The Morgan fingerprint density at radius 3 is 2.81 bits per heavy atom. The lowest BCUT2D eigenvalue weighted by Gasteiger charge is -2.15. The Hall–Kier alpha value is -1.54. The summed E-state index contributed by atoms with van der Waals surface area (Å²) in [6.07, 6.45) is 1.18. The first-order valence-electron chi connectivity index (χ1n) is 4.25. The van der Waals surface area contributed by atoms with E-state index < -0.39 is 20.9 Å². The van der Waals surface area contributed by atoms with Crippen LogP contribution in [0.15, 0.2) is 23.4 Å². The van der Waals surface area contributed by atoms with Gasteiger partial charge in [-0.1, -0.05) is 0 Å². The molecule has 0 saturated heterocycles. The Morgan fingerprint density at radius 2 is 2.31 bits per heavy atom. The normalized spacial score (nSPS) is 11.7. The molecule has 1 heterocycles. The molecule has 88 valence electrons. The number of hydrogen-bond donors (Lipinski definition) is 2. The van der Waals surface area contributed by atoms with Crippen LogP contribution in [0.2, 0.25) is 0 Å². The largest absolute Gasteiger partial charge is 0.387 e. The molecule has 0 aliphatic carbocycles. The van der Waals surface area contributed by atoms with Gasteiger partial charge in [-0.3, -0.25) is 5.41 Å². The summed E-state index contributed by atoms with van der Waals surface area (Å²) in [5.74, 6) is -1.26. The lowest BCUT2D eigenvalue weighted by molar-refractivity contribution is 0.486. The Balaban J connectivity index is 3.12. The third kappa shape index (κ3) is 2.52. The molecule has 1 aromatic heterocycles. The zero-order chi connectivity index (χ0) is 12.3. The summed E-state index contributed by atoms with van der Waals surface area (Å²) < 4.78 is 37.5. The summed E-state index contributed by atoms with van der Waals surface area (Å²) in [6.45, 7) is -0.307. The minimum Gasteiger partial charge on any atom is -0.387 e. The van der Waals surface area contributed by atoms with Crippen LogP contribution >= 0.6 is 0 Å². The SMILES string of the molecule is CN(CC(=N)N)S(=O)(=O)c1ncccc1F. The minimum atomic E-state index is -4.04. The molecule has 0 radical (unpaired) electrons. The van der Waals surface area contributed by atoms with Crippen molar-refractivity contribution < 1.29 is 12.8 Å². The van der Waals surface area contributed by atoms with Crippen LogP contribution in [0.3, 0.4) is 0 Å². The number of sulfonamides is 1. The second kappa shape index (κ2) is 4.54. The number of nitrogens with one attached hydrogen (secondary N) is 1. The lowest BCUT2D eigenvalue weighted by Crippen LogP contribution is -2.35. The van der Waals surface area contributed by atoms with Crippen LogP contribution < -0.4 is 5.73 Å². The molecule has 16 heavy (non-hydrogen) atoms. The number of rotatable bonds is 4. The topological polar surface area (TPSA) is 100 Å². The van der Waals surface area contributed by atoms with Crippen molar-refractivity contribution in [3.8, 4) is 0 Å². The molecule has 3 N–H and O–H groups in total. The van der Waals surface area contributed by atoms with E-state index in [2.05, 4.69) is 4.98 Å². The molecule has 0 amide bonds. The maximum atomic E-state index is 13.2. The van der Waals surface area contributed by atoms with Gasteiger partial charge >= 0.3 is 0 Å². The van der Waals surface area contributed by atoms with Gasteiger partial charge in [-0.2, -0.15) is 4.31 Å². The highest BCUT2D eigenvalue weighted by Gasteiger charge is 2.25. The molecule has 0 aliphatic heterocycles. The van der Waals surface area contributed by atoms with Gasteiger partial charge in [0, 0.05) is 13.2 Å². The molecule has 0 aromatic carbocycles. The molecule has 8 heteroatoms. The van der Waals surface area contributed by atoms with Gasteiger partial charge in [0.1, 0.15) is 5.84 Å². The van der Waals surface area contributed by atoms with E-state index in [4.69, 9.17) is 11.1 Å². The number of amidine groups is 1. The van der Waals surface area contributed by atoms with Crippen molar-refractivity contribution in [3.63, 3.8) is 0 Å². The Bertz CT molecular complexity index is 503. The van der Waals surface area contributed by atoms with E-state index in [0.29, 0.717) is 0 Å². The van der Waals surface area contributed by atoms with Gasteiger partial charge in [0.2, 0.25) is 5.03 Å². The van der Waals surface area contributed by atoms with Crippen molar-refractivity contribution in [1.29, 1.82) is 5.41 Å². The zero-order valence-electron chi connectivity index (χ0n) is 8.51. The second-order valence-corrected chi connectivity index (χ2v) is 5.04. The van der Waals surface area contributed by atoms with Gasteiger partial charge in [-0.05, 0) is 12.1 Å². The van der Waals surface area contributed by atoms with Crippen LogP contribution in [0.25, 0.3) is 0 Å². The van der Waals surface area contributed by atoms with Gasteiger partial charge in [-0.15, -0.1) is 0 Å². The molecule has 0 aliphatic rings. The molecule has 1 aromatic rings. The van der Waals surface area contributed by atoms with E-state index in [-0.39, 0.29) is 12.4 Å². The zero-order valence-corrected chi connectivity index (χ0v) is 9.33. The molecule has 0 atom stereocenters. The van der Waals surface area contributed by atoms with Gasteiger partial charge in [0.25, 0.3) is 10.0 Å². The molecule has 0 bridgehead atoms. The Labute approximate surface area is 92.5 Å². The van der Waals surface area contributed by atoms with Gasteiger partial charge in [0.15, 0.2) is 5.82 Å². The van der Waals surface area contributed by atoms with Crippen molar-refractivity contribution in [1.82, 2.24) is 9.29 Å². The maximum Gasteiger partial charge on any atom is 0.263 e. The fourth-order valence-corrected chi connectivity index (χ4v) is 2.15. The van der Waals surface area contributed by atoms with Gasteiger partial charge in [0.05, 0.1) is 6.54 Å². The van der Waals surface area contributed by atoms with Crippen LogP contribution in [-0.2, 0) is 10.0 Å². The van der Waals surface area contributed by atoms with Crippen LogP contribution in [-0.4, -0.2) is 37.1 Å². The number of likely N-dealkylation sites (N-methyl/N-ethyl adjacent to an activating group) is 1. The highest BCUT2D eigenvalue weighted by molar-refractivity contribution is 7.89. The monoisotopic (exact) mass is 246 g/mol. The number of nitrogens with two attached hydrogens (primary N) is 1. The van der Waals surface area contributed by atoms with E-state index in [1.165, 1.54) is 19.3 Å². The molecule has 0 saturated carbocycles. The predicted octanol–water partition coefficient (Wildman–Crippen LogP) is -0.223. The second-order valence-electron chi connectivity index (χ2n) is 3.08. The molecule has 1 rings (SSSR count). The predicted molar refractivity (Wildman–Crippen MR) is 55.9 cm³/mol. The van der Waals surface area contributed by atoms with Gasteiger partial charge in [-0.25, -0.2) is 17.8 Å². The quantitative estimate of drug-likeness (QED) is 0.566. The number of nitrogens with zero attached hydrogens (tertiary/aromatic N) is 2. The Kier molecular flexibility index (Phi) is 3.55. The molecule has 6 nitrogen and oxygen atoms in total. The molecular weight excluding hydrogens is 235 g/mol. The molecule has 0 fully saturated rings. The average Bonchev–Trinajstić information content (AvgIpc) is 2.16. The van der Waals surface area contributed by atoms with Crippen LogP contribution in [0.5, 0.6) is 0 Å². The van der Waals surface area contributed by atoms with Crippen molar-refractivity contribution in [2.75, 3.05) is 13.6 Å². The van der Waals surface area contributed by atoms with Crippen molar-refractivity contribution in [2.45, 2.75) is 5.03 Å². The van der Waals surface area contributed by atoms with Crippen molar-refractivity contribution >= 4 is 15.9 Å². The summed E-state index contributed by atoms with van der Waals surface area (Å²) in [6, 6.07) is 2.29. The third-order valence-corrected chi connectivity index (χ3v) is 3.51. The molecule has 0 spiro atoms. The first-order valence-corrected chi connectivity index (χ1v) is 5.69. The fourth-order valence-electron chi connectivity index (χ4n) is 1.03. The summed E-state index contributed by atoms with van der Waals surface area (Å²) in [5.41, 5.74) is 5.07. The molecular formula is C8H11FN4O2S. The summed E-state index contributed by atoms with van der Waals surface area (Å²) >= 11 is 0. The number of pyridine rings is 1. The highest BCUT2D eigenvalue weighted by Crippen LogP contribution is 2.14. The number of aromatic nitrogens is 1. The minimum absolute atomic E-state index is 0.307. The first kappa shape index (κ1) is 12.5. The average molecular weight is 246 g/mol. The van der Waals surface area contributed by atoms with Crippen LogP contribution in [0, 0.1) is 11.2 Å². The highest BCUT2D eigenvalue weighted by atomic mass is 32.2. The Morgan fingerprint density at radius 1 is 1.69 bits per heavy atom. The standard InChI is InChI=1S/C8H11FN4O2S/c1-13(5-7(10)11)16(14,15)8-6(9)3-2-4-12-8/h2-4H,5H2,1H3,(H3,10,11). The summed E-state index contributed by atoms with van der Waals surface area (Å²) in [7, 11) is -2.84. The first-order chi connectivity index (χ1) is 7.35.